The van der Waals surface area contributed by atoms with E-state index in [1.807, 2.05) is 27.0 Å². The molecular weight excluding hydrogens is 342 g/mol. The molecule has 0 spiro atoms. The third kappa shape index (κ3) is 4.17. The van der Waals surface area contributed by atoms with Crippen LogP contribution in [0.5, 0.6) is 0 Å². The van der Waals surface area contributed by atoms with Crippen LogP contribution in [0.1, 0.15) is 41.1 Å². The zero-order valence-corrected chi connectivity index (χ0v) is 16.0. The lowest BCUT2D eigenvalue weighted by molar-refractivity contribution is -0.905. The number of nitrogens with zero attached hydrogens (tertiary/aromatic N) is 1. The van der Waals surface area contributed by atoms with E-state index in [4.69, 9.17) is 0 Å². The lowest BCUT2D eigenvalue weighted by Crippen LogP contribution is -3.10. The number of hydrogen-bond donors (Lipinski definition) is 2. The second-order valence-corrected chi connectivity index (χ2v) is 7.43. The number of nitrogens with one attached hydrogen (secondary N) is 2. The van der Waals surface area contributed by atoms with Crippen molar-refractivity contribution in [3.05, 3.63) is 68.8 Å². The van der Waals surface area contributed by atoms with E-state index in [0.717, 1.165) is 35.3 Å². The maximum atomic E-state index is 12.6. The quantitative estimate of drug-likeness (QED) is 0.629. The molecule has 0 aromatic heterocycles. The Morgan fingerprint density at radius 3 is 2.70 bits per heavy atom. The first-order valence-corrected chi connectivity index (χ1v) is 9.32. The number of likely N-dealkylation sites (N-methyl/N-ethyl adjacent to an activating group) is 1. The minimum absolute atomic E-state index is 0.0629. The fourth-order valence-corrected chi connectivity index (χ4v) is 3.89. The Bertz CT molecular complexity index is 879. The predicted octanol–water partition coefficient (Wildman–Crippen LogP) is 2.74. The summed E-state index contributed by atoms with van der Waals surface area (Å²) in [6, 6.07) is 11.9. The lowest BCUT2D eigenvalue weighted by atomic mass is 9.87. The van der Waals surface area contributed by atoms with Gasteiger partial charge in [0, 0.05) is 18.1 Å². The molecule has 0 heterocycles. The van der Waals surface area contributed by atoms with Gasteiger partial charge in [0.2, 0.25) is 0 Å². The van der Waals surface area contributed by atoms with Crippen molar-refractivity contribution in [2.45, 2.75) is 39.2 Å². The van der Waals surface area contributed by atoms with Gasteiger partial charge in [-0.2, -0.15) is 0 Å². The van der Waals surface area contributed by atoms with Crippen molar-refractivity contribution in [2.24, 2.45) is 0 Å². The molecule has 142 valence electrons. The van der Waals surface area contributed by atoms with Crippen LogP contribution in [0.3, 0.4) is 0 Å². The van der Waals surface area contributed by atoms with Crippen molar-refractivity contribution in [3.63, 3.8) is 0 Å². The van der Waals surface area contributed by atoms with Crippen LogP contribution in [-0.4, -0.2) is 24.4 Å². The number of quaternary nitrogens is 1. The number of amides is 1. The van der Waals surface area contributed by atoms with E-state index in [1.54, 1.807) is 6.07 Å². The topological polar surface area (TPSA) is 76.7 Å². The molecule has 3 rings (SSSR count). The monoisotopic (exact) mass is 368 g/mol. The summed E-state index contributed by atoms with van der Waals surface area (Å²) in [7, 11) is 2.02. The second kappa shape index (κ2) is 7.88. The van der Waals surface area contributed by atoms with Crippen LogP contribution in [0.2, 0.25) is 0 Å². The van der Waals surface area contributed by atoms with Gasteiger partial charge in [0.1, 0.15) is 11.7 Å². The van der Waals surface area contributed by atoms with Crippen LogP contribution < -0.4 is 10.2 Å². The van der Waals surface area contributed by atoms with Crippen LogP contribution in [0.25, 0.3) is 0 Å². The molecule has 1 unspecified atom stereocenters. The number of rotatable bonds is 5. The number of nitro benzene ring substituents is 1. The molecule has 27 heavy (non-hydrogen) atoms. The standard InChI is InChI=1S/C21H25N3O3/c1-14-11-18(20(24(26)27)12-15(14)2)22-21(25)13-23(3)19-10-6-8-16-7-4-5-9-17(16)19/h4-5,7,9,11-12,19H,6,8,10,13H2,1-3H3,(H,22,25)/p+1/t19-/m1/s1. The van der Waals surface area contributed by atoms with Gasteiger partial charge in [0.05, 0.1) is 12.0 Å². The highest BCUT2D eigenvalue weighted by Gasteiger charge is 2.28. The highest BCUT2D eigenvalue weighted by atomic mass is 16.6. The molecule has 2 aromatic rings. The summed E-state index contributed by atoms with van der Waals surface area (Å²) in [5.74, 6) is -0.207. The first-order valence-electron chi connectivity index (χ1n) is 9.32. The Balaban J connectivity index is 1.74. The highest BCUT2D eigenvalue weighted by molar-refractivity contribution is 5.94. The number of carbonyl (C=O) groups is 1. The Labute approximate surface area is 159 Å². The number of hydrogen-bond acceptors (Lipinski definition) is 3. The molecule has 1 amide bonds. The van der Waals surface area contributed by atoms with Crippen molar-refractivity contribution >= 4 is 17.3 Å². The fourth-order valence-electron chi connectivity index (χ4n) is 3.89. The van der Waals surface area contributed by atoms with Crippen molar-refractivity contribution in [1.29, 1.82) is 0 Å². The van der Waals surface area contributed by atoms with Crippen molar-refractivity contribution in [1.82, 2.24) is 0 Å². The first-order chi connectivity index (χ1) is 12.9. The molecule has 6 nitrogen and oxygen atoms in total. The van der Waals surface area contributed by atoms with Gasteiger partial charge in [-0.3, -0.25) is 14.9 Å². The zero-order chi connectivity index (χ0) is 19.6. The largest absolute Gasteiger partial charge is 0.323 e. The number of fused-ring (bicyclic) bond motifs is 1. The number of aryl methyl sites for hydroxylation is 3. The molecule has 1 aliphatic rings. The van der Waals surface area contributed by atoms with E-state index in [-0.39, 0.29) is 29.9 Å². The molecule has 0 aliphatic heterocycles. The summed E-state index contributed by atoms with van der Waals surface area (Å²) in [6.07, 6.45) is 3.24. The molecule has 2 atom stereocenters. The van der Waals surface area contributed by atoms with Gasteiger partial charge in [-0.05, 0) is 49.4 Å². The van der Waals surface area contributed by atoms with Gasteiger partial charge in [-0.1, -0.05) is 24.3 Å². The summed E-state index contributed by atoms with van der Waals surface area (Å²) < 4.78 is 0. The Hall–Kier alpha value is -2.73. The molecule has 1 aliphatic carbocycles. The van der Waals surface area contributed by atoms with E-state index >= 15 is 0 Å². The van der Waals surface area contributed by atoms with Crippen LogP contribution in [0.4, 0.5) is 11.4 Å². The third-order valence-electron chi connectivity index (χ3n) is 5.49. The second-order valence-electron chi connectivity index (χ2n) is 7.43. The molecule has 0 saturated heterocycles. The molecule has 0 saturated carbocycles. The van der Waals surface area contributed by atoms with Gasteiger partial charge >= 0.3 is 0 Å². The summed E-state index contributed by atoms with van der Waals surface area (Å²) in [4.78, 5) is 24.6. The smallest absolute Gasteiger partial charge is 0.293 e. The number of nitro groups is 1. The minimum Gasteiger partial charge on any atom is -0.323 e. The highest BCUT2D eigenvalue weighted by Crippen LogP contribution is 2.28. The summed E-state index contributed by atoms with van der Waals surface area (Å²) in [5, 5.41) is 14.1. The average molecular weight is 368 g/mol. The Kier molecular flexibility index (Phi) is 5.56. The van der Waals surface area contributed by atoms with Gasteiger partial charge < -0.3 is 10.2 Å². The average Bonchev–Trinajstić information content (AvgIpc) is 2.63. The van der Waals surface area contributed by atoms with Crippen LogP contribution in [-0.2, 0) is 11.2 Å². The number of anilines is 1. The van der Waals surface area contributed by atoms with Crippen LogP contribution in [0.15, 0.2) is 36.4 Å². The van der Waals surface area contributed by atoms with Crippen LogP contribution >= 0.6 is 0 Å². The van der Waals surface area contributed by atoms with E-state index in [0.29, 0.717) is 0 Å². The molecular formula is C21H26N3O3+. The number of benzene rings is 2. The summed E-state index contributed by atoms with van der Waals surface area (Å²) in [6.45, 7) is 3.97. The Morgan fingerprint density at radius 2 is 1.96 bits per heavy atom. The van der Waals surface area contributed by atoms with Gasteiger partial charge in [0.25, 0.3) is 11.6 Å². The van der Waals surface area contributed by atoms with E-state index in [1.165, 1.54) is 17.2 Å². The fraction of sp³-hybridized carbons (Fsp3) is 0.381. The summed E-state index contributed by atoms with van der Waals surface area (Å²) in [5.41, 5.74) is 4.63. The Morgan fingerprint density at radius 1 is 1.26 bits per heavy atom. The normalized spacial score (nSPS) is 17.1. The zero-order valence-electron chi connectivity index (χ0n) is 16.0. The van der Waals surface area contributed by atoms with Crippen molar-refractivity contribution in [3.8, 4) is 0 Å². The van der Waals surface area contributed by atoms with Gasteiger partial charge in [-0.15, -0.1) is 0 Å². The molecule has 2 N–H and O–H groups in total. The molecule has 6 heteroatoms. The maximum Gasteiger partial charge on any atom is 0.293 e. The summed E-state index contributed by atoms with van der Waals surface area (Å²) >= 11 is 0. The molecule has 0 bridgehead atoms. The van der Waals surface area contributed by atoms with Gasteiger partial charge in [0.15, 0.2) is 6.54 Å². The van der Waals surface area contributed by atoms with Crippen LogP contribution in [0, 0.1) is 24.0 Å². The molecule has 0 radical (unpaired) electrons. The minimum atomic E-state index is -0.448. The van der Waals surface area contributed by atoms with E-state index < -0.39 is 4.92 Å². The van der Waals surface area contributed by atoms with Crippen molar-refractivity contribution < 1.29 is 14.6 Å². The predicted molar refractivity (Wildman–Crippen MR) is 105 cm³/mol. The lowest BCUT2D eigenvalue weighted by Gasteiger charge is -2.30. The SMILES string of the molecule is Cc1cc(NC(=O)C[NH+](C)[C@@H]2CCCc3ccccc32)c([N+](=O)[O-])cc1C. The first kappa shape index (κ1) is 19.0. The van der Waals surface area contributed by atoms with E-state index in [2.05, 4.69) is 23.5 Å². The van der Waals surface area contributed by atoms with E-state index in [9.17, 15) is 14.9 Å². The third-order valence-corrected chi connectivity index (χ3v) is 5.49. The number of carbonyl (C=O) groups excluding carboxylic acids is 1. The molecule has 2 aromatic carbocycles. The van der Waals surface area contributed by atoms with Crippen molar-refractivity contribution in [2.75, 3.05) is 18.9 Å². The maximum absolute atomic E-state index is 12.6. The van der Waals surface area contributed by atoms with Gasteiger partial charge in [-0.25, -0.2) is 0 Å². The molecule has 0 fully saturated rings.